The van der Waals surface area contributed by atoms with E-state index in [0.717, 1.165) is 18.4 Å². The number of carbonyl (C=O) groups excluding carboxylic acids is 1. The second-order valence-electron chi connectivity index (χ2n) is 5.84. The van der Waals surface area contributed by atoms with Crippen LogP contribution in [0.3, 0.4) is 0 Å². The topological polar surface area (TPSA) is 35.5 Å². The lowest BCUT2D eigenvalue weighted by Crippen LogP contribution is -2.35. The first kappa shape index (κ1) is 15.8. The Kier molecular flexibility index (Phi) is 6.00. The fourth-order valence-electron chi connectivity index (χ4n) is 2.72. The molecule has 3 nitrogen and oxygen atoms in total. The van der Waals surface area contributed by atoms with E-state index >= 15 is 0 Å². The lowest BCUT2D eigenvalue weighted by Gasteiger charge is -2.32. The highest BCUT2D eigenvalue weighted by atomic mass is 16.5. The van der Waals surface area contributed by atoms with Gasteiger partial charge in [-0.2, -0.15) is 0 Å². The minimum atomic E-state index is -0.0898. The van der Waals surface area contributed by atoms with Crippen molar-refractivity contribution in [3.63, 3.8) is 0 Å². The first-order valence-electron chi connectivity index (χ1n) is 7.61. The Balaban J connectivity index is 1.78. The Morgan fingerprint density at radius 3 is 2.90 bits per heavy atom. The summed E-state index contributed by atoms with van der Waals surface area (Å²) in [5.41, 5.74) is 1.16. The summed E-state index contributed by atoms with van der Waals surface area (Å²) in [6, 6.07) is 10.1. The summed E-state index contributed by atoms with van der Waals surface area (Å²) in [6.07, 6.45) is 4.15. The highest BCUT2D eigenvalue weighted by Crippen LogP contribution is 2.28. The Morgan fingerprint density at radius 2 is 2.19 bits per heavy atom. The fraction of sp³-hybridized carbons (Fsp3) is 0.500. The number of hydrogen-bond donors (Lipinski definition) is 0. The number of esters is 1. The molecule has 0 unspecified atom stereocenters. The minimum absolute atomic E-state index is 0.0352. The molecule has 0 radical (unpaired) electrons. The third kappa shape index (κ3) is 5.01. The van der Waals surface area contributed by atoms with E-state index in [4.69, 9.17) is 9.47 Å². The van der Waals surface area contributed by atoms with Crippen molar-refractivity contribution in [2.75, 3.05) is 6.61 Å². The van der Waals surface area contributed by atoms with Gasteiger partial charge in [0.2, 0.25) is 0 Å². The predicted molar refractivity (Wildman–Crippen MR) is 82.7 cm³/mol. The number of carbonyl (C=O) groups is 1. The van der Waals surface area contributed by atoms with E-state index in [0.29, 0.717) is 25.6 Å². The maximum absolute atomic E-state index is 11.7. The molecule has 1 aliphatic rings. The molecule has 1 aliphatic heterocycles. The molecule has 1 aromatic carbocycles. The third-order valence-corrected chi connectivity index (χ3v) is 3.93. The van der Waals surface area contributed by atoms with Gasteiger partial charge in [0, 0.05) is 12.3 Å². The maximum atomic E-state index is 11.7. The lowest BCUT2D eigenvalue weighted by atomic mass is 9.87. The van der Waals surface area contributed by atoms with Gasteiger partial charge in [-0.1, -0.05) is 43.3 Å². The van der Waals surface area contributed by atoms with Gasteiger partial charge in [0.05, 0.1) is 13.2 Å². The van der Waals surface area contributed by atoms with Crippen LogP contribution in [0.15, 0.2) is 43.0 Å². The van der Waals surface area contributed by atoms with Gasteiger partial charge in [0.25, 0.3) is 0 Å². The van der Waals surface area contributed by atoms with E-state index in [-0.39, 0.29) is 18.0 Å². The summed E-state index contributed by atoms with van der Waals surface area (Å²) in [5.74, 6) is 0.489. The molecular weight excluding hydrogens is 264 g/mol. The molecule has 2 rings (SSSR count). The van der Waals surface area contributed by atoms with E-state index in [9.17, 15) is 4.79 Å². The van der Waals surface area contributed by atoms with Crippen LogP contribution >= 0.6 is 0 Å². The number of ether oxygens (including phenoxy) is 2. The van der Waals surface area contributed by atoms with E-state index < -0.39 is 0 Å². The van der Waals surface area contributed by atoms with Gasteiger partial charge in [-0.05, 0) is 24.3 Å². The quantitative estimate of drug-likeness (QED) is 0.566. The molecule has 0 spiro atoms. The summed E-state index contributed by atoms with van der Waals surface area (Å²) >= 11 is 0. The lowest BCUT2D eigenvalue weighted by molar-refractivity contribution is -0.161. The highest BCUT2D eigenvalue weighted by molar-refractivity contribution is 5.70. The SMILES string of the molecule is C=CC[C@H]1CC(=O)O[C@H]([C@H](C)COCc2ccccc2)C1. The molecule has 1 heterocycles. The Bertz CT molecular complexity index is 455. The van der Waals surface area contributed by atoms with Crippen LogP contribution in [0.1, 0.15) is 31.7 Å². The number of benzene rings is 1. The zero-order valence-electron chi connectivity index (χ0n) is 12.7. The summed E-state index contributed by atoms with van der Waals surface area (Å²) in [4.78, 5) is 11.7. The molecule has 0 bridgehead atoms. The molecule has 1 aromatic rings. The van der Waals surface area contributed by atoms with E-state index in [1.54, 1.807) is 0 Å². The first-order chi connectivity index (χ1) is 10.2. The number of rotatable bonds is 7. The van der Waals surface area contributed by atoms with Gasteiger partial charge in [0.1, 0.15) is 6.10 Å². The Morgan fingerprint density at radius 1 is 1.43 bits per heavy atom. The first-order valence-corrected chi connectivity index (χ1v) is 7.61. The molecule has 0 N–H and O–H groups in total. The molecule has 0 aromatic heterocycles. The largest absolute Gasteiger partial charge is 0.462 e. The van der Waals surface area contributed by atoms with Gasteiger partial charge in [-0.15, -0.1) is 6.58 Å². The van der Waals surface area contributed by atoms with E-state index in [1.165, 1.54) is 0 Å². The second-order valence-corrected chi connectivity index (χ2v) is 5.84. The van der Waals surface area contributed by atoms with Crippen LogP contribution in [0.5, 0.6) is 0 Å². The van der Waals surface area contributed by atoms with Gasteiger partial charge >= 0.3 is 5.97 Å². The number of hydrogen-bond acceptors (Lipinski definition) is 3. The summed E-state index contributed by atoms with van der Waals surface area (Å²) in [6.45, 7) is 7.04. The smallest absolute Gasteiger partial charge is 0.306 e. The van der Waals surface area contributed by atoms with Gasteiger partial charge in [0.15, 0.2) is 0 Å². The normalized spacial score (nSPS) is 23.4. The second kappa shape index (κ2) is 7.99. The van der Waals surface area contributed by atoms with Crippen molar-refractivity contribution in [3.05, 3.63) is 48.6 Å². The average molecular weight is 288 g/mol. The summed E-state index contributed by atoms with van der Waals surface area (Å²) in [5, 5.41) is 0. The molecule has 0 aliphatic carbocycles. The molecule has 3 atom stereocenters. The van der Waals surface area contributed by atoms with Crippen molar-refractivity contribution in [2.24, 2.45) is 11.8 Å². The summed E-state index contributed by atoms with van der Waals surface area (Å²) < 4.78 is 11.2. The van der Waals surface area contributed by atoms with Crippen molar-refractivity contribution in [1.82, 2.24) is 0 Å². The van der Waals surface area contributed by atoms with Crippen LogP contribution in [-0.4, -0.2) is 18.7 Å². The molecule has 0 saturated carbocycles. The molecule has 0 amide bonds. The molecule has 3 heteroatoms. The standard InChI is InChI=1S/C18H24O3/c1-3-7-16-10-17(21-18(19)11-16)14(2)12-20-13-15-8-5-4-6-9-15/h3-6,8-9,14,16-17H,1,7,10-13H2,2H3/t14-,16-,17+/m1/s1. The van der Waals surface area contributed by atoms with Crippen LogP contribution in [0.4, 0.5) is 0 Å². The van der Waals surface area contributed by atoms with E-state index in [1.807, 2.05) is 36.4 Å². The molecule has 1 saturated heterocycles. The molecule has 21 heavy (non-hydrogen) atoms. The Hall–Kier alpha value is -1.61. The maximum Gasteiger partial charge on any atom is 0.306 e. The van der Waals surface area contributed by atoms with Gasteiger partial charge < -0.3 is 9.47 Å². The molecule has 114 valence electrons. The molecule has 1 fully saturated rings. The third-order valence-electron chi connectivity index (χ3n) is 3.93. The zero-order valence-corrected chi connectivity index (χ0v) is 12.7. The van der Waals surface area contributed by atoms with Crippen molar-refractivity contribution in [3.8, 4) is 0 Å². The van der Waals surface area contributed by atoms with Gasteiger partial charge in [-0.25, -0.2) is 0 Å². The van der Waals surface area contributed by atoms with Crippen LogP contribution in [0, 0.1) is 11.8 Å². The van der Waals surface area contributed by atoms with Crippen molar-refractivity contribution in [2.45, 2.75) is 38.9 Å². The Labute approximate surface area is 127 Å². The van der Waals surface area contributed by atoms with Crippen LogP contribution in [0.2, 0.25) is 0 Å². The number of cyclic esters (lactones) is 1. The summed E-state index contributed by atoms with van der Waals surface area (Å²) in [7, 11) is 0. The van der Waals surface area contributed by atoms with Gasteiger partial charge in [-0.3, -0.25) is 4.79 Å². The number of allylic oxidation sites excluding steroid dienone is 1. The van der Waals surface area contributed by atoms with Crippen molar-refractivity contribution >= 4 is 5.97 Å². The van der Waals surface area contributed by atoms with Crippen LogP contribution in [-0.2, 0) is 20.9 Å². The van der Waals surface area contributed by atoms with Crippen molar-refractivity contribution in [1.29, 1.82) is 0 Å². The highest BCUT2D eigenvalue weighted by Gasteiger charge is 2.31. The molecular formula is C18H24O3. The zero-order chi connectivity index (χ0) is 15.1. The average Bonchev–Trinajstić information content (AvgIpc) is 2.48. The van der Waals surface area contributed by atoms with Crippen LogP contribution in [0.25, 0.3) is 0 Å². The fourth-order valence-corrected chi connectivity index (χ4v) is 2.72. The predicted octanol–water partition coefficient (Wildman–Crippen LogP) is 3.74. The van der Waals surface area contributed by atoms with E-state index in [2.05, 4.69) is 13.5 Å². The van der Waals surface area contributed by atoms with Crippen molar-refractivity contribution < 1.29 is 14.3 Å². The monoisotopic (exact) mass is 288 g/mol. The van der Waals surface area contributed by atoms with Crippen LogP contribution < -0.4 is 0 Å². The minimum Gasteiger partial charge on any atom is -0.462 e.